The van der Waals surface area contributed by atoms with Gasteiger partial charge in [-0.15, -0.1) is 0 Å². The van der Waals surface area contributed by atoms with Crippen LogP contribution in [0.1, 0.15) is 303 Å². The molecule has 0 fully saturated rings. The Kier molecular flexibility index (Phi) is 50.8. The van der Waals surface area contributed by atoms with E-state index in [1.54, 1.807) is 0 Å². The molecule has 0 spiro atoms. The number of rotatable bonds is 51. The summed E-state index contributed by atoms with van der Waals surface area (Å²) in [5.74, 6) is -0.868. The van der Waals surface area contributed by atoms with Crippen molar-refractivity contribution in [3.63, 3.8) is 0 Å². The normalized spacial score (nSPS) is 12.1. The number of carbonyl (C=O) groups is 3. The van der Waals surface area contributed by atoms with E-state index in [0.717, 1.165) is 64.2 Å². The van der Waals surface area contributed by atoms with E-state index in [2.05, 4.69) is 45.1 Å². The van der Waals surface area contributed by atoms with Crippen molar-refractivity contribution in [2.45, 2.75) is 309 Å². The molecule has 1 unspecified atom stereocenters. The van der Waals surface area contributed by atoms with Crippen molar-refractivity contribution < 1.29 is 28.6 Å². The maximum absolute atomic E-state index is 12.8. The molecular formula is C57H106O6. The van der Waals surface area contributed by atoms with E-state index in [1.807, 2.05) is 0 Å². The van der Waals surface area contributed by atoms with Crippen LogP contribution < -0.4 is 0 Å². The molecule has 0 bridgehead atoms. The SMILES string of the molecule is CCCCC/C=C\CCCCCCCC(=O)OCC(COC(=O)CCCCCCCCC/C=C\CCCCCCCC)OC(=O)CCCCCCCCCCCCCCCCCC. The van der Waals surface area contributed by atoms with Gasteiger partial charge < -0.3 is 14.2 Å². The predicted molar refractivity (Wildman–Crippen MR) is 270 cm³/mol. The van der Waals surface area contributed by atoms with E-state index in [-0.39, 0.29) is 31.1 Å². The second-order valence-corrected chi connectivity index (χ2v) is 18.8. The highest BCUT2D eigenvalue weighted by Gasteiger charge is 2.19. The molecule has 0 N–H and O–H groups in total. The van der Waals surface area contributed by atoms with Crippen LogP contribution in [-0.4, -0.2) is 37.2 Å². The summed E-state index contributed by atoms with van der Waals surface area (Å²) >= 11 is 0. The van der Waals surface area contributed by atoms with E-state index in [9.17, 15) is 14.4 Å². The molecule has 6 heteroatoms. The molecule has 0 radical (unpaired) electrons. The fraction of sp³-hybridized carbons (Fsp3) is 0.877. The Balaban J connectivity index is 4.33. The molecule has 1 atom stereocenters. The average Bonchev–Trinajstić information content (AvgIpc) is 3.28. The number of hydrogen-bond donors (Lipinski definition) is 0. The Morgan fingerprint density at radius 3 is 0.825 bits per heavy atom. The smallest absolute Gasteiger partial charge is 0.306 e. The highest BCUT2D eigenvalue weighted by Crippen LogP contribution is 2.16. The molecule has 0 amide bonds. The van der Waals surface area contributed by atoms with Crippen LogP contribution in [0.4, 0.5) is 0 Å². The molecule has 370 valence electrons. The monoisotopic (exact) mass is 887 g/mol. The molecule has 0 heterocycles. The summed E-state index contributed by atoms with van der Waals surface area (Å²) in [6, 6.07) is 0. The van der Waals surface area contributed by atoms with Crippen molar-refractivity contribution in [1.29, 1.82) is 0 Å². The topological polar surface area (TPSA) is 78.9 Å². The van der Waals surface area contributed by atoms with Crippen LogP contribution in [0.2, 0.25) is 0 Å². The Morgan fingerprint density at radius 1 is 0.302 bits per heavy atom. The lowest BCUT2D eigenvalue weighted by Crippen LogP contribution is -2.30. The van der Waals surface area contributed by atoms with Gasteiger partial charge in [-0.25, -0.2) is 0 Å². The second kappa shape index (κ2) is 52.5. The van der Waals surface area contributed by atoms with Crippen LogP contribution in [0.5, 0.6) is 0 Å². The van der Waals surface area contributed by atoms with Crippen LogP contribution in [0.25, 0.3) is 0 Å². The Morgan fingerprint density at radius 2 is 0.524 bits per heavy atom. The van der Waals surface area contributed by atoms with Gasteiger partial charge in [0.1, 0.15) is 13.2 Å². The molecule has 0 saturated carbocycles. The van der Waals surface area contributed by atoms with E-state index in [4.69, 9.17) is 14.2 Å². The minimum absolute atomic E-state index is 0.0722. The third-order valence-corrected chi connectivity index (χ3v) is 12.4. The lowest BCUT2D eigenvalue weighted by atomic mass is 10.0. The van der Waals surface area contributed by atoms with Crippen LogP contribution in [-0.2, 0) is 28.6 Å². The molecule has 0 aromatic heterocycles. The highest BCUT2D eigenvalue weighted by molar-refractivity contribution is 5.71. The van der Waals surface area contributed by atoms with Crippen molar-refractivity contribution >= 4 is 17.9 Å². The summed E-state index contributed by atoms with van der Waals surface area (Å²) in [6.07, 6.45) is 60.2. The first kappa shape index (κ1) is 60.9. The minimum Gasteiger partial charge on any atom is -0.462 e. The minimum atomic E-state index is -0.771. The Hall–Kier alpha value is -2.11. The van der Waals surface area contributed by atoms with Gasteiger partial charge in [0, 0.05) is 19.3 Å². The average molecular weight is 887 g/mol. The van der Waals surface area contributed by atoms with Crippen LogP contribution >= 0.6 is 0 Å². The zero-order chi connectivity index (χ0) is 45.8. The number of allylic oxidation sites excluding steroid dienone is 4. The second-order valence-electron chi connectivity index (χ2n) is 18.8. The van der Waals surface area contributed by atoms with Crippen molar-refractivity contribution in [3.8, 4) is 0 Å². The van der Waals surface area contributed by atoms with Crippen molar-refractivity contribution in [2.24, 2.45) is 0 Å². The molecule has 0 aliphatic heterocycles. The van der Waals surface area contributed by atoms with Crippen molar-refractivity contribution in [2.75, 3.05) is 13.2 Å². The van der Waals surface area contributed by atoms with Gasteiger partial charge in [-0.05, 0) is 70.6 Å². The summed E-state index contributed by atoms with van der Waals surface area (Å²) < 4.78 is 16.8. The highest BCUT2D eigenvalue weighted by atomic mass is 16.6. The van der Waals surface area contributed by atoms with Gasteiger partial charge in [-0.2, -0.15) is 0 Å². The van der Waals surface area contributed by atoms with Crippen molar-refractivity contribution in [3.05, 3.63) is 24.3 Å². The number of hydrogen-bond acceptors (Lipinski definition) is 6. The predicted octanol–water partition coefficient (Wildman–Crippen LogP) is 18.3. The van der Waals surface area contributed by atoms with Gasteiger partial charge in [0.25, 0.3) is 0 Å². The van der Waals surface area contributed by atoms with E-state index in [1.165, 1.54) is 199 Å². The molecule has 6 nitrogen and oxygen atoms in total. The van der Waals surface area contributed by atoms with Crippen molar-refractivity contribution in [1.82, 2.24) is 0 Å². The first-order valence-electron chi connectivity index (χ1n) is 27.8. The van der Waals surface area contributed by atoms with E-state index >= 15 is 0 Å². The Labute approximate surface area is 392 Å². The van der Waals surface area contributed by atoms with Crippen LogP contribution in [0, 0.1) is 0 Å². The quantitative estimate of drug-likeness (QED) is 0.0262. The van der Waals surface area contributed by atoms with Gasteiger partial charge in [0.2, 0.25) is 0 Å². The molecule has 0 saturated heterocycles. The number of unbranched alkanes of at least 4 members (excludes halogenated alkanes) is 36. The third-order valence-electron chi connectivity index (χ3n) is 12.4. The number of carbonyl (C=O) groups excluding carboxylic acids is 3. The van der Waals surface area contributed by atoms with Gasteiger partial charge in [0.15, 0.2) is 6.10 Å². The number of ether oxygens (including phenoxy) is 3. The fourth-order valence-corrected chi connectivity index (χ4v) is 8.20. The first-order chi connectivity index (χ1) is 31.0. The fourth-order valence-electron chi connectivity index (χ4n) is 8.20. The maximum atomic E-state index is 12.8. The molecule has 63 heavy (non-hydrogen) atoms. The summed E-state index contributed by atoms with van der Waals surface area (Å²) in [7, 11) is 0. The van der Waals surface area contributed by atoms with Gasteiger partial charge in [-0.3, -0.25) is 14.4 Å². The zero-order valence-corrected chi connectivity index (χ0v) is 42.4. The van der Waals surface area contributed by atoms with Gasteiger partial charge >= 0.3 is 17.9 Å². The number of esters is 3. The first-order valence-corrected chi connectivity index (χ1v) is 27.8. The zero-order valence-electron chi connectivity index (χ0n) is 42.4. The van der Waals surface area contributed by atoms with Crippen LogP contribution in [0.3, 0.4) is 0 Å². The molecule has 0 aromatic rings. The van der Waals surface area contributed by atoms with Crippen LogP contribution in [0.15, 0.2) is 24.3 Å². The third kappa shape index (κ3) is 50.7. The summed E-state index contributed by atoms with van der Waals surface area (Å²) in [6.45, 7) is 6.64. The maximum Gasteiger partial charge on any atom is 0.306 e. The van der Waals surface area contributed by atoms with Gasteiger partial charge in [-0.1, -0.05) is 238 Å². The molecule has 0 aliphatic rings. The van der Waals surface area contributed by atoms with E-state index in [0.29, 0.717) is 19.3 Å². The standard InChI is InChI=1S/C57H106O6/c1-4-7-10-13-16-19-22-25-27-29-31-32-35-38-41-44-47-50-56(59)62-53-54(52-61-55(58)49-46-43-40-37-34-24-21-18-15-12-9-6-3)63-57(60)51-48-45-42-39-36-33-30-28-26-23-20-17-14-11-8-5-2/h18,21,25,27,54H,4-17,19-20,22-24,26,28-53H2,1-3H3/b21-18-,27-25-. The summed E-state index contributed by atoms with van der Waals surface area (Å²) in [5, 5.41) is 0. The Bertz CT molecular complexity index is 1020. The summed E-state index contributed by atoms with van der Waals surface area (Å²) in [4.78, 5) is 38.0. The lowest BCUT2D eigenvalue weighted by molar-refractivity contribution is -0.167. The van der Waals surface area contributed by atoms with Gasteiger partial charge in [0.05, 0.1) is 0 Å². The largest absolute Gasteiger partial charge is 0.462 e. The lowest BCUT2D eigenvalue weighted by Gasteiger charge is -2.18. The molecule has 0 aromatic carbocycles. The molecular weight excluding hydrogens is 781 g/mol. The molecule has 0 aliphatic carbocycles. The van der Waals surface area contributed by atoms with E-state index < -0.39 is 6.10 Å². The summed E-state index contributed by atoms with van der Waals surface area (Å²) in [5.41, 5.74) is 0. The molecule has 0 rings (SSSR count).